The number of benzene rings is 3. The van der Waals surface area contributed by atoms with Crippen LogP contribution in [0.15, 0.2) is 85.1 Å². The highest BCUT2D eigenvalue weighted by molar-refractivity contribution is 6.05. The van der Waals surface area contributed by atoms with E-state index in [2.05, 4.69) is 10.3 Å². The van der Waals surface area contributed by atoms with E-state index in [1.54, 1.807) is 24.4 Å². The fourth-order valence-corrected chi connectivity index (χ4v) is 4.08. The second-order valence-corrected chi connectivity index (χ2v) is 8.31. The average molecular weight is 470 g/mol. The molecule has 1 heterocycles. The number of nitrogens with zero attached hydrogens (tertiary/aromatic N) is 1. The lowest BCUT2D eigenvalue weighted by Gasteiger charge is -2.23. The van der Waals surface area contributed by atoms with E-state index in [4.69, 9.17) is 0 Å². The molecular weight excluding hydrogens is 442 g/mol. The van der Waals surface area contributed by atoms with E-state index in [9.17, 15) is 19.5 Å². The van der Waals surface area contributed by atoms with Gasteiger partial charge in [-0.25, -0.2) is 9.59 Å². The summed E-state index contributed by atoms with van der Waals surface area (Å²) in [5.41, 5.74) is 3.84. The van der Waals surface area contributed by atoms with Crippen LogP contribution in [0.3, 0.4) is 0 Å². The molecular formula is C28H27N3O4. The van der Waals surface area contributed by atoms with Crippen LogP contribution in [0.1, 0.15) is 29.3 Å². The Morgan fingerprint density at radius 3 is 2.40 bits per heavy atom. The number of urea groups is 1. The minimum atomic E-state index is -1.19. The summed E-state index contributed by atoms with van der Waals surface area (Å²) < 4.78 is 0. The molecule has 4 rings (SSSR count). The molecule has 7 heteroatoms. The molecule has 1 aromatic heterocycles. The second kappa shape index (κ2) is 10.7. The van der Waals surface area contributed by atoms with E-state index in [1.807, 2.05) is 67.6 Å². The molecule has 3 aromatic carbocycles. The monoisotopic (exact) mass is 469 g/mol. The number of nitrogens with one attached hydrogen (secondary N) is 2. The van der Waals surface area contributed by atoms with Crippen LogP contribution in [0.25, 0.3) is 22.0 Å². The Morgan fingerprint density at radius 2 is 1.66 bits per heavy atom. The van der Waals surface area contributed by atoms with Crippen molar-refractivity contribution in [2.24, 2.45) is 0 Å². The lowest BCUT2D eigenvalue weighted by molar-refractivity contribution is -0.139. The topological polar surface area (TPSA) is 102 Å². The number of imide groups is 1. The molecule has 0 aliphatic heterocycles. The number of carboxylic acids is 1. The molecule has 0 bridgehead atoms. The number of H-pyrrole nitrogens is 1. The highest BCUT2D eigenvalue weighted by Crippen LogP contribution is 2.22. The van der Waals surface area contributed by atoms with E-state index in [-0.39, 0.29) is 13.0 Å². The van der Waals surface area contributed by atoms with Gasteiger partial charge in [0.05, 0.1) is 0 Å². The van der Waals surface area contributed by atoms with Crippen molar-refractivity contribution in [1.82, 2.24) is 15.2 Å². The number of aromatic amines is 1. The fraction of sp³-hybridized carbons (Fsp3) is 0.179. The van der Waals surface area contributed by atoms with Crippen molar-refractivity contribution in [3.8, 4) is 11.1 Å². The number of carbonyl (C=O) groups is 3. The number of hydrogen-bond acceptors (Lipinski definition) is 3. The zero-order chi connectivity index (χ0) is 24.8. The Hall–Kier alpha value is -4.39. The maximum Gasteiger partial charge on any atom is 0.326 e. The van der Waals surface area contributed by atoms with Crippen molar-refractivity contribution in [3.63, 3.8) is 0 Å². The molecule has 0 saturated heterocycles. The Bertz CT molecular complexity index is 1350. The minimum absolute atomic E-state index is 0.0860. The number of aliphatic carboxylic acids is 1. The number of amides is 3. The second-order valence-electron chi connectivity index (χ2n) is 8.31. The summed E-state index contributed by atoms with van der Waals surface area (Å²) in [6.07, 6.45) is 2.37. The number of carboxylic acid groups (broad SMARTS) is 1. The zero-order valence-corrected chi connectivity index (χ0v) is 19.4. The SMILES string of the molecule is CCCN(C(=O)N[C@@H](Cc1c[nH]c2ccccc12)C(=O)O)C(=O)c1cccc(-c2ccccc2)c1. The first kappa shape index (κ1) is 23.8. The van der Waals surface area contributed by atoms with Gasteiger partial charge in [-0.05, 0) is 41.3 Å². The molecule has 178 valence electrons. The maximum absolute atomic E-state index is 13.3. The molecule has 0 spiro atoms. The van der Waals surface area contributed by atoms with E-state index in [0.29, 0.717) is 12.0 Å². The first-order chi connectivity index (χ1) is 17.0. The van der Waals surface area contributed by atoms with Gasteiger partial charge in [-0.15, -0.1) is 0 Å². The highest BCUT2D eigenvalue weighted by atomic mass is 16.4. The van der Waals surface area contributed by atoms with Crippen LogP contribution in [-0.4, -0.2) is 45.5 Å². The van der Waals surface area contributed by atoms with Crippen LogP contribution in [0.4, 0.5) is 4.79 Å². The Labute approximate surface area is 203 Å². The summed E-state index contributed by atoms with van der Waals surface area (Å²) in [5.74, 6) is -1.64. The van der Waals surface area contributed by atoms with Gasteiger partial charge in [0.25, 0.3) is 5.91 Å². The van der Waals surface area contributed by atoms with E-state index in [0.717, 1.165) is 32.5 Å². The van der Waals surface area contributed by atoms with Gasteiger partial charge < -0.3 is 15.4 Å². The number of hydrogen-bond donors (Lipinski definition) is 3. The molecule has 35 heavy (non-hydrogen) atoms. The molecule has 0 radical (unpaired) electrons. The lowest BCUT2D eigenvalue weighted by Crippen LogP contribution is -2.51. The third-order valence-corrected chi connectivity index (χ3v) is 5.85. The summed E-state index contributed by atoms with van der Waals surface area (Å²) >= 11 is 0. The standard InChI is InChI=1S/C28H27N3O4/c1-2-15-31(26(32)21-12-8-11-20(16-21)19-9-4-3-5-10-19)28(35)30-25(27(33)34)17-22-18-29-24-14-7-6-13-23(22)24/h3-14,16,18,25,29H,2,15,17H2,1H3,(H,30,35)(H,33,34)/t25-/m0/s1. The number of para-hydroxylation sites is 1. The number of fused-ring (bicyclic) bond motifs is 1. The minimum Gasteiger partial charge on any atom is -0.480 e. The number of carbonyl (C=O) groups excluding carboxylic acids is 2. The van der Waals surface area contributed by atoms with Crippen molar-refractivity contribution in [1.29, 1.82) is 0 Å². The summed E-state index contributed by atoms with van der Waals surface area (Å²) in [6.45, 7) is 2.02. The molecule has 0 saturated carbocycles. The maximum atomic E-state index is 13.3. The van der Waals surface area contributed by atoms with Crippen LogP contribution >= 0.6 is 0 Å². The summed E-state index contributed by atoms with van der Waals surface area (Å²) in [5, 5.41) is 13.2. The molecule has 1 atom stereocenters. The van der Waals surface area contributed by atoms with Gasteiger partial charge >= 0.3 is 12.0 Å². The first-order valence-electron chi connectivity index (χ1n) is 11.5. The van der Waals surface area contributed by atoms with Crippen molar-refractivity contribution in [3.05, 3.63) is 96.2 Å². The third-order valence-electron chi connectivity index (χ3n) is 5.85. The van der Waals surface area contributed by atoms with Crippen LogP contribution in [-0.2, 0) is 11.2 Å². The Kier molecular flexibility index (Phi) is 7.26. The molecule has 3 N–H and O–H groups in total. The lowest BCUT2D eigenvalue weighted by atomic mass is 10.0. The van der Waals surface area contributed by atoms with Gasteiger partial charge in [-0.2, -0.15) is 0 Å². The van der Waals surface area contributed by atoms with E-state index < -0.39 is 23.9 Å². The van der Waals surface area contributed by atoms with Crippen LogP contribution in [0.2, 0.25) is 0 Å². The van der Waals surface area contributed by atoms with Crippen LogP contribution in [0, 0.1) is 0 Å². The van der Waals surface area contributed by atoms with Gasteiger partial charge in [0.1, 0.15) is 6.04 Å². The predicted molar refractivity (Wildman–Crippen MR) is 135 cm³/mol. The summed E-state index contributed by atoms with van der Waals surface area (Å²) in [6, 6.07) is 22.4. The largest absolute Gasteiger partial charge is 0.480 e. The average Bonchev–Trinajstić information content (AvgIpc) is 3.29. The molecule has 0 fully saturated rings. The van der Waals surface area contributed by atoms with Gasteiger partial charge in [-0.1, -0.05) is 67.6 Å². The van der Waals surface area contributed by atoms with E-state index >= 15 is 0 Å². The van der Waals surface area contributed by atoms with Crippen LogP contribution < -0.4 is 5.32 Å². The zero-order valence-electron chi connectivity index (χ0n) is 19.4. The Balaban J connectivity index is 1.54. The van der Waals surface area contributed by atoms with Crippen molar-refractivity contribution in [2.75, 3.05) is 6.54 Å². The molecule has 7 nitrogen and oxygen atoms in total. The third kappa shape index (κ3) is 5.41. The fourth-order valence-electron chi connectivity index (χ4n) is 4.08. The molecule has 0 aliphatic rings. The number of aromatic nitrogens is 1. The quantitative estimate of drug-likeness (QED) is 0.334. The highest BCUT2D eigenvalue weighted by Gasteiger charge is 2.28. The number of rotatable bonds is 8. The molecule has 3 amide bonds. The smallest absolute Gasteiger partial charge is 0.326 e. The van der Waals surface area contributed by atoms with Gasteiger partial charge in [-0.3, -0.25) is 9.69 Å². The molecule has 4 aromatic rings. The normalized spacial score (nSPS) is 11.7. The van der Waals surface area contributed by atoms with Gasteiger partial charge in [0.15, 0.2) is 0 Å². The summed E-state index contributed by atoms with van der Waals surface area (Å²) in [7, 11) is 0. The summed E-state index contributed by atoms with van der Waals surface area (Å²) in [4.78, 5) is 42.6. The first-order valence-corrected chi connectivity index (χ1v) is 11.5. The van der Waals surface area contributed by atoms with Crippen molar-refractivity contribution < 1.29 is 19.5 Å². The molecule has 0 unspecified atom stereocenters. The van der Waals surface area contributed by atoms with Crippen molar-refractivity contribution >= 4 is 28.8 Å². The Morgan fingerprint density at radius 1 is 0.943 bits per heavy atom. The van der Waals surface area contributed by atoms with Gasteiger partial charge in [0, 0.05) is 35.6 Å². The van der Waals surface area contributed by atoms with Crippen molar-refractivity contribution in [2.45, 2.75) is 25.8 Å². The van der Waals surface area contributed by atoms with Gasteiger partial charge in [0.2, 0.25) is 0 Å². The predicted octanol–water partition coefficient (Wildman–Crippen LogP) is 5.09. The van der Waals surface area contributed by atoms with Crippen LogP contribution in [0.5, 0.6) is 0 Å². The molecule has 0 aliphatic carbocycles. The van der Waals surface area contributed by atoms with E-state index in [1.165, 1.54) is 0 Å².